The summed E-state index contributed by atoms with van der Waals surface area (Å²) in [4.78, 5) is 38.2. The van der Waals surface area contributed by atoms with Gasteiger partial charge in [0.05, 0.1) is 5.92 Å². The molecule has 1 heterocycles. The molecule has 2 fully saturated rings. The number of hydrogen-bond donors (Lipinski definition) is 1. The van der Waals surface area contributed by atoms with Gasteiger partial charge in [-0.15, -0.1) is 0 Å². The van der Waals surface area contributed by atoms with E-state index in [0.717, 1.165) is 25.7 Å². The number of amides is 2. The van der Waals surface area contributed by atoms with Crippen LogP contribution in [-0.2, 0) is 19.1 Å². The van der Waals surface area contributed by atoms with Crippen molar-refractivity contribution in [2.75, 3.05) is 18.5 Å². The molecule has 1 aromatic rings. The zero-order valence-electron chi connectivity index (χ0n) is 14.6. The Morgan fingerprint density at radius 3 is 2.54 bits per heavy atom. The van der Waals surface area contributed by atoms with Crippen LogP contribution in [0.15, 0.2) is 24.3 Å². The maximum Gasteiger partial charge on any atom is 0.311 e. The van der Waals surface area contributed by atoms with E-state index < -0.39 is 17.8 Å². The van der Waals surface area contributed by atoms with Gasteiger partial charge < -0.3 is 15.0 Å². The molecule has 1 aromatic carbocycles. The lowest BCUT2D eigenvalue weighted by molar-refractivity contribution is -0.151. The maximum absolute atomic E-state index is 12.2. The van der Waals surface area contributed by atoms with Crippen LogP contribution in [0.2, 0.25) is 5.02 Å². The molecule has 26 heavy (non-hydrogen) atoms. The van der Waals surface area contributed by atoms with Gasteiger partial charge in [0.25, 0.3) is 5.91 Å². The molecule has 6 nitrogen and oxygen atoms in total. The molecule has 3 rings (SSSR count). The van der Waals surface area contributed by atoms with Gasteiger partial charge in [0.15, 0.2) is 6.61 Å². The molecule has 0 spiro atoms. The summed E-state index contributed by atoms with van der Waals surface area (Å²) in [7, 11) is 0. The average molecular weight is 379 g/mol. The van der Waals surface area contributed by atoms with Gasteiger partial charge in [0, 0.05) is 29.7 Å². The Bertz CT molecular complexity index is 671. The van der Waals surface area contributed by atoms with Crippen LogP contribution in [-0.4, -0.2) is 41.9 Å². The smallest absolute Gasteiger partial charge is 0.311 e. The maximum atomic E-state index is 12.2. The first-order valence-corrected chi connectivity index (χ1v) is 9.42. The molecule has 0 radical (unpaired) electrons. The van der Waals surface area contributed by atoms with E-state index in [9.17, 15) is 14.4 Å². The number of anilines is 1. The Kier molecular flexibility index (Phi) is 6.14. The minimum Gasteiger partial charge on any atom is -0.455 e. The highest BCUT2D eigenvalue weighted by Gasteiger charge is 2.39. The molecule has 140 valence electrons. The van der Waals surface area contributed by atoms with E-state index in [4.69, 9.17) is 16.3 Å². The summed E-state index contributed by atoms with van der Waals surface area (Å²) in [6.07, 6.45) is 5.68. The molecule has 2 amide bonds. The van der Waals surface area contributed by atoms with E-state index in [2.05, 4.69) is 5.32 Å². The minimum absolute atomic E-state index is 0.0180. The van der Waals surface area contributed by atoms with Crippen LogP contribution in [0.3, 0.4) is 0 Å². The van der Waals surface area contributed by atoms with Crippen molar-refractivity contribution < 1.29 is 19.1 Å². The Balaban J connectivity index is 1.45. The third-order valence-corrected chi connectivity index (χ3v) is 5.23. The molecule has 1 aliphatic heterocycles. The molecule has 1 atom stereocenters. The SMILES string of the molecule is O=C(COC(=O)[C@H]1CC(=O)N(C2CCCCC2)C1)Nc1ccc(Cl)cc1. The van der Waals surface area contributed by atoms with Gasteiger partial charge in [-0.2, -0.15) is 0 Å². The second kappa shape index (κ2) is 8.54. The van der Waals surface area contributed by atoms with Gasteiger partial charge in [-0.3, -0.25) is 14.4 Å². The van der Waals surface area contributed by atoms with Crippen LogP contribution >= 0.6 is 11.6 Å². The zero-order chi connectivity index (χ0) is 18.5. The molecule has 0 unspecified atom stereocenters. The summed E-state index contributed by atoms with van der Waals surface area (Å²) in [5.41, 5.74) is 0.579. The van der Waals surface area contributed by atoms with Crippen molar-refractivity contribution in [1.82, 2.24) is 4.90 Å². The highest BCUT2D eigenvalue weighted by Crippen LogP contribution is 2.29. The molecule has 1 saturated carbocycles. The fourth-order valence-corrected chi connectivity index (χ4v) is 3.75. The Hall–Kier alpha value is -2.08. The highest BCUT2D eigenvalue weighted by atomic mass is 35.5. The lowest BCUT2D eigenvalue weighted by Crippen LogP contribution is -2.38. The lowest BCUT2D eigenvalue weighted by atomic mass is 9.94. The number of benzene rings is 1. The van der Waals surface area contributed by atoms with E-state index in [1.54, 1.807) is 24.3 Å². The van der Waals surface area contributed by atoms with Crippen LogP contribution in [0.1, 0.15) is 38.5 Å². The topological polar surface area (TPSA) is 75.7 Å². The Morgan fingerprint density at radius 1 is 1.15 bits per heavy atom. The van der Waals surface area contributed by atoms with Crippen LogP contribution < -0.4 is 5.32 Å². The standard InChI is InChI=1S/C19H23ClN2O4/c20-14-6-8-15(9-7-14)21-17(23)12-26-19(25)13-10-18(24)22(11-13)16-4-2-1-3-5-16/h6-9,13,16H,1-5,10-12H2,(H,21,23)/t13-/m0/s1. The van der Waals surface area contributed by atoms with E-state index in [0.29, 0.717) is 17.3 Å². The number of likely N-dealkylation sites (tertiary alicyclic amines) is 1. The third-order valence-electron chi connectivity index (χ3n) is 4.98. The first kappa shape index (κ1) is 18.7. The van der Waals surface area contributed by atoms with Crippen molar-refractivity contribution in [3.63, 3.8) is 0 Å². The number of ether oxygens (including phenoxy) is 1. The number of esters is 1. The fraction of sp³-hybridized carbons (Fsp3) is 0.526. The van der Waals surface area contributed by atoms with E-state index in [-0.39, 0.29) is 25.0 Å². The third kappa shape index (κ3) is 4.75. The predicted molar refractivity (Wildman–Crippen MR) is 97.7 cm³/mol. The normalized spacial score (nSPS) is 20.9. The summed E-state index contributed by atoms with van der Waals surface area (Å²) in [6, 6.07) is 6.90. The number of nitrogens with zero attached hydrogens (tertiary/aromatic N) is 1. The number of halogens is 1. The second-order valence-corrected chi connectivity index (χ2v) is 7.34. The van der Waals surface area contributed by atoms with E-state index >= 15 is 0 Å². The summed E-state index contributed by atoms with van der Waals surface area (Å²) in [5.74, 6) is -1.37. The van der Waals surface area contributed by atoms with Crippen molar-refractivity contribution in [3.05, 3.63) is 29.3 Å². The van der Waals surface area contributed by atoms with Gasteiger partial charge in [0.2, 0.25) is 5.91 Å². The quantitative estimate of drug-likeness (QED) is 0.799. The predicted octanol–water partition coefficient (Wildman–Crippen LogP) is 3.00. The number of carbonyl (C=O) groups is 3. The van der Waals surface area contributed by atoms with Gasteiger partial charge in [-0.1, -0.05) is 30.9 Å². The van der Waals surface area contributed by atoms with Crippen molar-refractivity contribution in [2.45, 2.75) is 44.6 Å². The number of carbonyl (C=O) groups excluding carboxylic acids is 3. The summed E-state index contributed by atoms with van der Waals surface area (Å²) >= 11 is 5.79. The molecule has 0 aromatic heterocycles. The molecular formula is C19H23ClN2O4. The first-order chi connectivity index (χ1) is 12.5. The van der Waals surface area contributed by atoms with Crippen LogP contribution in [0.25, 0.3) is 0 Å². The van der Waals surface area contributed by atoms with Crippen molar-refractivity contribution in [2.24, 2.45) is 5.92 Å². The van der Waals surface area contributed by atoms with Gasteiger partial charge in [-0.25, -0.2) is 0 Å². The van der Waals surface area contributed by atoms with Gasteiger partial charge >= 0.3 is 5.97 Å². The Labute approximate surface area is 157 Å². The molecule has 2 aliphatic rings. The molecule has 1 saturated heterocycles. The minimum atomic E-state index is -0.483. The molecular weight excluding hydrogens is 356 g/mol. The number of nitrogens with one attached hydrogen (secondary N) is 1. The lowest BCUT2D eigenvalue weighted by Gasteiger charge is -2.31. The number of hydrogen-bond acceptors (Lipinski definition) is 4. The molecule has 1 N–H and O–H groups in total. The van der Waals surface area contributed by atoms with Crippen molar-refractivity contribution in [1.29, 1.82) is 0 Å². The first-order valence-electron chi connectivity index (χ1n) is 9.04. The molecule has 0 bridgehead atoms. The average Bonchev–Trinajstić information content (AvgIpc) is 3.04. The molecule has 7 heteroatoms. The van der Waals surface area contributed by atoms with Gasteiger partial charge in [-0.05, 0) is 37.1 Å². The van der Waals surface area contributed by atoms with Crippen molar-refractivity contribution >= 4 is 35.1 Å². The largest absolute Gasteiger partial charge is 0.455 e. The summed E-state index contributed by atoms with van der Waals surface area (Å²) in [5, 5.41) is 3.20. The monoisotopic (exact) mass is 378 g/mol. The van der Waals surface area contributed by atoms with Gasteiger partial charge in [0.1, 0.15) is 0 Å². The highest BCUT2D eigenvalue weighted by molar-refractivity contribution is 6.30. The number of rotatable bonds is 5. The fourth-order valence-electron chi connectivity index (χ4n) is 3.62. The summed E-state index contributed by atoms with van der Waals surface area (Å²) < 4.78 is 5.11. The van der Waals surface area contributed by atoms with Crippen LogP contribution in [0.4, 0.5) is 5.69 Å². The zero-order valence-corrected chi connectivity index (χ0v) is 15.3. The Morgan fingerprint density at radius 2 is 1.85 bits per heavy atom. The van der Waals surface area contributed by atoms with Crippen LogP contribution in [0.5, 0.6) is 0 Å². The van der Waals surface area contributed by atoms with E-state index in [1.807, 2.05) is 4.90 Å². The molecule has 1 aliphatic carbocycles. The van der Waals surface area contributed by atoms with E-state index in [1.165, 1.54) is 6.42 Å². The van der Waals surface area contributed by atoms with Crippen LogP contribution in [0, 0.1) is 5.92 Å². The van der Waals surface area contributed by atoms with Crippen molar-refractivity contribution in [3.8, 4) is 0 Å². The second-order valence-electron chi connectivity index (χ2n) is 6.90. The summed E-state index contributed by atoms with van der Waals surface area (Å²) in [6.45, 7) is 0.0384.